The summed E-state index contributed by atoms with van der Waals surface area (Å²) in [5.41, 5.74) is 0.446. The van der Waals surface area contributed by atoms with E-state index >= 15 is 0 Å². The predicted octanol–water partition coefficient (Wildman–Crippen LogP) is 4.92. The molecule has 0 saturated heterocycles. The van der Waals surface area contributed by atoms with Crippen molar-refractivity contribution in [1.29, 1.82) is 0 Å². The molecule has 0 atom stereocenters. The summed E-state index contributed by atoms with van der Waals surface area (Å²) in [6.07, 6.45) is 2.39. The van der Waals surface area contributed by atoms with Crippen molar-refractivity contribution < 1.29 is 13.6 Å². The van der Waals surface area contributed by atoms with E-state index in [1.165, 1.54) is 36.4 Å². The molecule has 0 heterocycles. The summed E-state index contributed by atoms with van der Waals surface area (Å²) in [5, 5.41) is 2.57. The standard InChI is InChI=1S/C15H9Cl2F2NO/c16-11-2-1-3-13(18)10(11)5-7-15(21)20-9-4-6-14(19)12(17)8-9/h1-8H,(H,20,21)/b7-5+. The van der Waals surface area contributed by atoms with E-state index in [-0.39, 0.29) is 15.6 Å². The molecule has 2 nitrogen and oxygen atoms in total. The van der Waals surface area contributed by atoms with Gasteiger partial charge in [0.25, 0.3) is 0 Å². The molecule has 0 spiro atoms. The second-order valence-corrected chi connectivity index (χ2v) is 4.90. The minimum Gasteiger partial charge on any atom is -0.322 e. The molecule has 0 radical (unpaired) electrons. The zero-order valence-electron chi connectivity index (χ0n) is 10.5. The van der Waals surface area contributed by atoms with E-state index in [1.54, 1.807) is 0 Å². The van der Waals surface area contributed by atoms with Crippen LogP contribution in [-0.4, -0.2) is 5.91 Å². The Hall–Kier alpha value is -1.91. The summed E-state index contributed by atoms with van der Waals surface area (Å²) < 4.78 is 26.5. The molecule has 2 rings (SSSR count). The van der Waals surface area contributed by atoms with Gasteiger partial charge < -0.3 is 5.32 Å². The van der Waals surface area contributed by atoms with Gasteiger partial charge in [0, 0.05) is 17.3 Å². The molecular formula is C15H9Cl2F2NO. The van der Waals surface area contributed by atoms with Crippen LogP contribution in [0.2, 0.25) is 10.0 Å². The molecule has 0 fully saturated rings. The molecule has 0 unspecified atom stereocenters. The minimum atomic E-state index is -0.580. The molecule has 0 aromatic heterocycles. The Labute approximate surface area is 130 Å². The minimum absolute atomic E-state index is 0.103. The second-order valence-electron chi connectivity index (χ2n) is 4.09. The molecule has 1 amide bonds. The van der Waals surface area contributed by atoms with Crippen molar-refractivity contribution in [2.24, 2.45) is 0 Å². The normalized spacial score (nSPS) is 10.9. The Kier molecular flexibility index (Phi) is 4.94. The average molecular weight is 328 g/mol. The first kappa shape index (κ1) is 15.5. The predicted molar refractivity (Wildman–Crippen MR) is 80.5 cm³/mol. The molecule has 0 aliphatic carbocycles. The van der Waals surface area contributed by atoms with Crippen LogP contribution in [0.25, 0.3) is 6.08 Å². The van der Waals surface area contributed by atoms with Crippen LogP contribution in [0, 0.1) is 11.6 Å². The summed E-state index contributed by atoms with van der Waals surface area (Å²) in [7, 11) is 0. The fourth-order valence-electron chi connectivity index (χ4n) is 1.59. The van der Waals surface area contributed by atoms with E-state index < -0.39 is 17.5 Å². The Morgan fingerprint density at radius 3 is 2.48 bits per heavy atom. The fraction of sp³-hybridized carbons (Fsp3) is 0. The molecule has 2 aromatic rings. The van der Waals surface area contributed by atoms with E-state index in [2.05, 4.69) is 5.32 Å². The van der Waals surface area contributed by atoms with E-state index in [0.717, 1.165) is 12.1 Å². The summed E-state index contributed by atoms with van der Waals surface area (Å²) in [4.78, 5) is 11.7. The van der Waals surface area contributed by atoms with Gasteiger partial charge in [0.1, 0.15) is 11.6 Å². The Bertz CT molecular complexity index is 697. The Morgan fingerprint density at radius 2 is 1.81 bits per heavy atom. The van der Waals surface area contributed by atoms with E-state index in [1.807, 2.05) is 0 Å². The van der Waals surface area contributed by atoms with Crippen LogP contribution in [0.3, 0.4) is 0 Å². The molecule has 1 N–H and O–H groups in total. The van der Waals surface area contributed by atoms with Crippen LogP contribution in [0.1, 0.15) is 5.56 Å². The fourth-order valence-corrected chi connectivity index (χ4v) is 1.99. The SMILES string of the molecule is O=C(/C=C/c1c(F)cccc1Cl)Nc1ccc(F)c(Cl)c1. The van der Waals surface area contributed by atoms with Crippen LogP contribution < -0.4 is 5.32 Å². The number of rotatable bonds is 3. The highest BCUT2D eigenvalue weighted by Crippen LogP contribution is 2.21. The quantitative estimate of drug-likeness (QED) is 0.796. The molecule has 21 heavy (non-hydrogen) atoms. The molecule has 0 bridgehead atoms. The first-order valence-corrected chi connectivity index (χ1v) is 6.61. The van der Waals surface area contributed by atoms with Gasteiger partial charge in [-0.3, -0.25) is 4.79 Å². The third-order valence-electron chi connectivity index (χ3n) is 2.59. The van der Waals surface area contributed by atoms with Crippen LogP contribution in [0.15, 0.2) is 42.5 Å². The molecular weight excluding hydrogens is 319 g/mol. The largest absolute Gasteiger partial charge is 0.322 e. The number of halogens is 4. The third kappa shape index (κ3) is 4.03. The van der Waals surface area contributed by atoms with Gasteiger partial charge in [-0.25, -0.2) is 8.78 Å². The molecule has 0 saturated carbocycles. The third-order valence-corrected chi connectivity index (χ3v) is 3.21. The summed E-state index contributed by atoms with van der Waals surface area (Å²) in [6, 6.07) is 8.00. The van der Waals surface area contributed by atoms with Gasteiger partial charge in [-0.05, 0) is 36.4 Å². The van der Waals surface area contributed by atoms with Crippen molar-refractivity contribution in [2.75, 3.05) is 5.32 Å². The average Bonchev–Trinajstić information content (AvgIpc) is 2.42. The van der Waals surface area contributed by atoms with Crippen LogP contribution >= 0.6 is 23.2 Å². The Balaban J connectivity index is 2.11. The number of benzene rings is 2. The van der Waals surface area contributed by atoms with Crippen LogP contribution in [0.5, 0.6) is 0 Å². The number of hydrogen-bond acceptors (Lipinski definition) is 1. The van der Waals surface area contributed by atoms with Gasteiger partial charge in [-0.1, -0.05) is 29.3 Å². The topological polar surface area (TPSA) is 29.1 Å². The van der Waals surface area contributed by atoms with Crippen molar-refractivity contribution >= 4 is 40.9 Å². The summed E-state index contributed by atoms with van der Waals surface area (Å²) in [5.74, 6) is -1.63. The van der Waals surface area contributed by atoms with E-state index in [4.69, 9.17) is 23.2 Å². The lowest BCUT2D eigenvalue weighted by molar-refractivity contribution is -0.111. The van der Waals surface area contributed by atoms with E-state index in [9.17, 15) is 13.6 Å². The maximum atomic E-state index is 13.5. The number of nitrogens with one attached hydrogen (secondary N) is 1. The number of amides is 1. The molecule has 0 aliphatic heterocycles. The summed E-state index contributed by atoms with van der Waals surface area (Å²) in [6.45, 7) is 0. The highest BCUT2D eigenvalue weighted by Gasteiger charge is 2.05. The van der Waals surface area contributed by atoms with Crippen molar-refractivity contribution in [2.45, 2.75) is 0 Å². The number of hydrogen-bond donors (Lipinski definition) is 1. The zero-order valence-corrected chi connectivity index (χ0v) is 12.1. The van der Waals surface area contributed by atoms with Gasteiger partial charge in [0.2, 0.25) is 5.91 Å². The number of carbonyl (C=O) groups excluding carboxylic acids is 1. The maximum absolute atomic E-state index is 13.5. The van der Waals surface area contributed by atoms with Crippen molar-refractivity contribution in [3.63, 3.8) is 0 Å². The monoisotopic (exact) mass is 327 g/mol. The van der Waals surface area contributed by atoms with Crippen LogP contribution in [-0.2, 0) is 4.79 Å². The number of carbonyl (C=O) groups is 1. The lowest BCUT2D eigenvalue weighted by Crippen LogP contribution is -2.07. The van der Waals surface area contributed by atoms with E-state index in [0.29, 0.717) is 5.69 Å². The summed E-state index contributed by atoms with van der Waals surface area (Å²) >= 11 is 11.4. The smallest absolute Gasteiger partial charge is 0.248 e. The molecule has 0 aliphatic rings. The van der Waals surface area contributed by atoms with Crippen molar-refractivity contribution in [1.82, 2.24) is 0 Å². The van der Waals surface area contributed by atoms with Gasteiger partial charge >= 0.3 is 0 Å². The first-order valence-electron chi connectivity index (χ1n) is 5.85. The van der Waals surface area contributed by atoms with Gasteiger partial charge in [-0.15, -0.1) is 0 Å². The lowest BCUT2D eigenvalue weighted by atomic mass is 10.2. The van der Waals surface area contributed by atoms with Crippen molar-refractivity contribution in [3.8, 4) is 0 Å². The number of anilines is 1. The van der Waals surface area contributed by atoms with Crippen molar-refractivity contribution in [3.05, 3.63) is 69.7 Å². The highest BCUT2D eigenvalue weighted by atomic mass is 35.5. The second kappa shape index (κ2) is 6.70. The molecule has 6 heteroatoms. The highest BCUT2D eigenvalue weighted by molar-refractivity contribution is 6.32. The lowest BCUT2D eigenvalue weighted by Gasteiger charge is -2.03. The molecule has 108 valence electrons. The zero-order chi connectivity index (χ0) is 15.4. The van der Waals surface area contributed by atoms with Gasteiger partial charge in [0.15, 0.2) is 0 Å². The van der Waals surface area contributed by atoms with Crippen LogP contribution in [0.4, 0.5) is 14.5 Å². The van der Waals surface area contributed by atoms with Gasteiger partial charge in [0.05, 0.1) is 10.0 Å². The van der Waals surface area contributed by atoms with Gasteiger partial charge in [-0.2, -0.15) is 0 Å². The maximum Gasteiger partial charge on any atom is 0.248 e. The molecule has 2 aromatic carbocycles. The first-order chi connectivity index (χ1) is 9.97. The Morgan fingerprint density at radius 1 is 1.05 bits per heavy atom.